The van der Waals surface area contributed by atoms with Gasteiger partial charge in [0.15, 0.2) is 0 Å². The predicted octanol–water partition coefficient (Wildman–Crippen LogP) is 2.70. The summed E-state index contributed by atoms with van der Waals surface area (Å²) in [6.07, 6.45) is 0.508. The standard InChI is InChI=1S/C17H18FN3O4/c1-17(2,3)25-16(24)21-13(15(22)23)6-10-8-20-14-11(10)4-9(7-19)5-12(14)18/h4-5,8,13,20H,6H2,1-3H3,(H,21,24)(H,22,23). The smallest absolute Gasteiger partial charge is 0.408 e. The number of carboxylic acids is 1. The molecule has 0 spiro atoms. The Hall–Kier alpha value is -3.08. The monoisotopic (exact) mass is 347 g/mol. The number of benzene rings is 1. The van der Waals surface area contributed by atoms with Gasteiger partial charge in [0.25, 0.3) is 0 Å². The van der Waals surface area contributed by atoms with E-state index < -0.39 is 29.5 Å². The maximum Gasteiger partial charge on any atom is 0.408 e. The highest BCUT2D eigenvalue weighted by atomic mass is 19.1. The number of nitriles is 1. The molecule has 3 N–H and O–H groups in total. The van der Waals surface area contributed by atoms with E-state index in [1.54, 1.807) is 20.8 Å². The Bertz CT molecular complexity index is 861. The van der Waals surface area contributed by atoms with Gasteiger partial charge in [0.2, 0.25) is 0 Å². The molecule has 1 amide bonds. The van der Waals surface area contributed by atoms with Crippen LogP contribution in [0, 0.1) is 17.1 Å². The summed E-state index contributed by atoms with van der Waals surface area (Å²) in [7, 11) is 0. The molecule has 0 radical (unpaired) electrons. The van der Waals surface area contributed by atoms with Crippen LogP contribution < -0.4 is 5.32 Å². The van der Waals surface area contributed by atoms with Crippen molar-refractivity contribution in [3.63, 3.8) is 0 Å². The topological polar surface area (TPSA) is 115 Å². The molecule has 0 aliphatic rings. The molecule has 0 aliphatic carbocycles. The van der Waals surface area contributed by atoms with E-state index in [1.807, 2.05) is 6.07 Å². The van der Waals surface area contributed by atoms with E-state index in [0.29, 0.717) is 10.9 Å². The fraction of sp³-hybridized carbons (Fsp3) is 0.353. The summed E-state index contributed by atoms with van der Waals surface area (Å²) >= 11 is 0. The fourth-order valence-electron chi connectivity index (χ4n) is 2.35. The van der Waals surface area contributed by atoms with E-state index in [-0.39, 0.29) is 17.5 Å². The molecular weight excluding hydrogens is 329 g/mol. The summed E-state index contributed by atoms with van der Waals surface area (Å²) in [6.45, 7) is 4.98. The number of ether oxygens (including phenoxy) is 1. The summed E-state index contributed by atoms with van der Waals surface area (Å²) in [5.41, 5.74) is 0.00125. The van der Waals surface area contributed by atoms with Gasteiger partial charge < -0.3 is 20.1 Å². The number of carbonyl (C=O) groups is 2. The maximum atomic E-state index is 14.0. The zero-order valence-electron chi connectivity index (χ0n) is 14.0. The largest absolute Gasteiger partial charge is 0.480 e. The molecule has 0 saturated heterocycles. The molecule has 2 rings (SSSR count). The average molecular weight is 347 g/mol. The van der Waals surface area contributed by atoms with Crippen molar-refractivity contribution in [2.75, 3.05) is 0 Å². The molecule has 2 aromatic rings. The summed E-state index contributed by atoms with van der Waals surface area (Å²) in [4.78, 5) is 26.0. The van der Waals surface area contributed by atoms with Crippen molar-refractivity contribution in [3.05, 3.63) is 35.3 Å². The third-order valence-electron chi connectivity index (χ3n) is 3.37. The van der Waals surface area contributed by atoms with Gasteiger partial charge in [-0.15, -0.1) is 0 Å². The number of alkyl carbamates (subject to hydrolysis) is 1. The molecule has 7 nitrogen and oxygen atoms in total. The number of aromatic amines is 1. The number of nitrogens with one attached hydrogen (secondary N) is 2. The van der Waals surface area contributed by atoms with Crippen molar-refractivity contribution in [1.29, 1.82) is 5.26 Å². The molecule has 1 atom stereocenters. The van der Waals surface area contributed by atoms with Crippen LogP contribution in [0.15, 0.2) is 18.3 Å². The van der Waals surface area contributed by atoms with E-state index in [9.17, 15) is 19.1 Å². The highest BCUT2D eigenvalue weighted by Crippen LogP contribution is 2.24. The number of halogens is 1. The van der Waals surface area contributed by atoms with Crippen molar-refractivity contribution in [2.24, 2.45) is 0 Å². The molecule has 132 valence electrons. The summed E-state index contributed by atoms with van der Waals surface area (Å²) in [6, 6.07) is 3.15. The summed E-state index contributed by atoms with van der Waals surface area (Å²) < 4.78 is 19.0. The van der Waals surface area contributed by atoms with Crippen LogP contribution in [0.5, 0.6) is 0 Å². The zero-order valence-corrected chi connectivity index (χ0v) is 14.0. The van der Waals surface area contributed by atoms with Crippen molar-refractivity contribution >= 4 is 23.0 Å². The van der Waals surface area contributed by atoms with Crippen molar-refractivity contribution in [2.45, 2.75) is 38.8 Å². The number of nitrogens with zero attached hydrogens (tertiary/aromatic N) is 1. The second kappa shape index (κ2) is 6.81. The number of hydrogen-bond acceptors (Lipinski definition) is 4. The van der Waals surface area contributed by atoms with Crippen LogP contribution in [0.1, 0.15) is 31.9 Å². The second-order valence-electron chi connectivity index (χ2n) is 6.55. The van der Waals surface area contributed by atoms with Crippen LogP contribution in [0.4, 0.5) is 9.18 Å². The lowest BCUT2D eigenvalue weighted by Gasteiger charge is -2.22. The zero-order chi connectivity index (χ0) is 18.8. The van der Waals surface area contributed by atoms with Gasteiger partial charge in [-0.1, -0.05) is 0 Å². The first-order valence-corrected chi connectivity index (χ1v) is 7.52. The van der Waals surface area contributed by atoms with E-state index in [0.717, 1.165) is 6.07 Å². The molecule has 0 fully saturated rings. The Morgan fingerprint density at radius 2 is 2.12 bits per heavy atom. The third-order valence-corrected chi connectivity index (χ3v) is 3.37. The lowest BCUT2D eigenvalue weighted by Crippen LogP contribution is -2.44. The molecule has 25 heavy (non-hydrogen) atoms. The fourth-order valence-corrected chi connectivity index (χ4v) is 2.35. The molecule has 8 heteroatoms. The Labute approximate surface area is 143 Å². The van der Waals surface area contributed by atoms with Gasteiger partial charge in [-0.3, -0.25) is 0 Å². The number of amides is 1. The maximum absolute atomic E-state index is 14.0. The van der Waals surface area contributed by atoms with Gasteiger partial charge >= 0.3 is 12.1 Å². The van der Waals surface area contributed by atoms with E-state index in [1.165, 1.54) is 12.3 Å². The van der Waals surface area contributed by atoms with Gasteiger partial charge in [-0.25, -0.2) is 14.0 Å². The lowest BCUT2D eigenvalue weighted by atomic mass is 10.0. The quantitative estimate of drug-likeness (QED) is 0.786. The number of hydrogen-bond donors (Lipinski definition) is 3. The molecule has 1 unspecified atom stereocenters. The Morgan fingerprint density at radius 3 is 2.68 bits per heavy atom. The minimum Gasteiger partial charge on any atom is -0.480 e. The molecule has 1 aromatic heterocycles. The number of carbonyl (C=O) groups excluding carboxylic acids is 1. The van der Waals surface area contributed by atoms with Crippen LogP contribution >= 0.6 is 0 Å². The number of carboxylic acid groups (broad SMARTS) is 1. The average Bonchev–Trinajstić information content (AvgIpc) is 2.88. The molecule has 0 bridgehead atoms. The van der Waals surface area contributed by atoms with Crippen LogP contribution in [-0.2, 0) is 16.0 Å². The minimum atomic E-state index is -1.26. The third kappa shape index (κ3) is 4.47. The first kappa shape index (κ1) is 18.3. The van der Waals surface area contributed by atoms with Crippen LogP contribution in [0.2, 0.25) is 0 Å². The normalized spacial score (nSPS) is 12.4. The number of aliphatic carboxylic acids is 1. The number of aromatic nitrogens is 1. The minimum absolute atomic E-state index is 0.0943. The summed E-state index contributed by atoms with van der Waals surface area (Å²) in [5, 5.41) is 21.0. The highest BCUT2D eigenvalue weighted by molar-refractivity contribution is 5.87. The second-order valence-corrected chi connectivity index (χ2v) is 6.55. The van der Waals surface area contributed by atoms with Gasteiger partial charge in [0, 0.05) is 18.0 Å². The number of rotatable bonds is 4. The van der Waals surface area contributed by atoms with Gasteiger partial charge in [-0.2, -0.15) is 5.26 Å². The predicted molar refractivity (Wildman–Crippen MR) is 87.5 cm³/mol. The first-order valence-electron chi connectivity index (χ1n) is 7.52. The van der Waals surface area contributed by atoms with E-state index in [2.05, 4.69) is 10.3 Å². The SMILES string of the molecule is CC(C)(C)OC(=O)NC(Cc1c[nH]c2c(F)cc(C#N)cc12)C(=O)O. The molecular formula is C17H18FN3O4. The van der Waals surface area contributed by atoms with E-state index >= 15 is 0 Å². The Morgan fingerprint density at radius 1 is 1.44 bits per heavy atom. The molecule has 0 saturated carbocycles. The van der Waals surface area contributed by atoms with Crippen LogP contribution in [-0.4, -0.2) is 33.8 Å². The van der Waals surface area contributed by atoms with Gasteiger partial charge in [0.1, 0.15) is 17.5 Å². The number of fused-ring (bicyclic) bond motifs is 1. The first-order chi connectivity index (χ1) is 11.6. The van der Waals surface area contributed by atoms with Gasteiger partial charge in [-0.05, 0) is 38.5 Å². The number of H-pyrrole nitrogens is 1. The van der Waals surface area contributed by atoms with Crippen molar-refractivity contribution in [3.8, 4) is 6.07 Å². The van der Waals surface area contributed by atoms with Crippen molar-refractivity contribution < 1.29 is 23.8 Å². The molecule has 1 aromatic carbocycles. The lowest BCUT2D eigenvalue weighted by molar-refractivity contribution is -0.139. The van der Waals surface area contributed by atoms with Crippen LogP contribution in [0.3, 0.4) is 0 Å². The Kier molecular flexibility index (Phi) is 4.97. The highest BCUT2D eigenvalue weighted by Gasteiger charge is 2.25. The molecule has 1 heterocycles. The summed E-state index contributed by atoms with van der Waals surface area (Å²) in [5.74, 6) is -1.86. The van der Waals surface area contributed by atoms with Crippen LogP contribution in [0.25, 0.3) is 10.9 Å². The van der Waals surface area contributed by atoms with E-state index in [4.69, 9.17) is 10.00 Å². The van der Waals surface area contributed by atoms with Crippen molar-refractivity contribution in [1.82, 2.24) is 10.3 Å². The Balaban J connectivity index is 2.27. The molecule has 0 aliphatic heterocycles. The van der Waals surface area contributed by atoms with Gasteiger partial charge in [0.05, 0.1) is 17.1 Å².